The van der Waals surface area contributed by atoms with Crippen molar-refractivity contribution in [1.82, 2.24) is 0 Å². The second kappa shape index (κ2) is 3.03. The molecule has 13 heavy (non-hydrogen) atoms. The summed E-state index contributed by atoms with van der Waals surface area (Å²) in [5.41, 5.74) is 0. The molecule has 1 rings (SSSR count). The van der Waals surface area contributed by atoms with Crippen LogP contribution in [0.1, 0.15) is 0 Å². The van der Waals surface area contributed by atoms with Crippen molar-refractivity contribution in [3.8, 4) is 0 Å². The highest BCUT2D eigenvalue weighted by Gasteiger charge is 2.09. The monoisotopic (exact) mass is 242 g/mol. The molecule has 0 aliphatic heterocycles. The molecule has 0 N–H and O–H groups in total. The van der Waals surface area contributed by atoms with Crippen LogP contribution < -0.4 is 0 Å². The molecule has 0 aliphatic carbocycles. The van der Waals surface area contributed by atoms with E-state index in [0.29, 0.717) is 0 Å². The van der Waals surface area contributed by atoms with Gasteiger partial charge in [-0.25, -0.2) is 16.8 Å². The average Bonchev–Trinajstić information content (AvgIpc) is 2.28. The molecule has 1 aromatic rings. The van der Waals surface area contributed by atoms with Crippen molar-refractivity contribution in [3.05, 3.63) is 12.1 Å². The Kier molecular flexibility index (Phi) is 2.47. The molecule has 0 radical (unpaired) electrons. The first-order valence-corrected chi connectivity index (χ1v) is 6.36. The Balaban J connectivity index is 3.32. The van der Waals surface area contributed by atoms with Gasteiger partial charge in [0, 0.05) is 0 Å². The van der Waals surface area contributed by atoms with Gasteiger partial charge in [0.2, 0.25) is 0 Å². The highest BCUT2D eigenvalue weighted by Crippen LogP contribution is 2.24. The van der Waals surface area contributed by atoms with Crippen molar-refractivity contribution in [2.24, 2.45) is 0 Å². The van der Waals surface area contributed by atoms with Crippen LogP contribution in [0.2, 0.25) is 0 Å². The minimum Gasteiger partial charge on any atom is -0.743 e. The topological polar surface area (TPSA) is 114 Å². The fourth-order valence-corrected chi connectivity index (χ4v) is 3.03. The van der Waals surface area contributed by atoms with Crippen LogP contribution in [0.5, 0.6) is 0 Å². The van der Waals surface area contributed by atoms with Crippen LogP contribution in [-0.2, 0) is 20.2 Å². The van der Waals surface area contributed by atoms with E-state index in [-0.39, 0.29) is 11.3 Å². The highest BCUT2D eigenvalue weighted by atomic mass is 32.3. The molecular formula is C4H2O6S3-2. The fraction of sp³-hybridized carbons (Fsp3) is 0. The summed E-state index contributed by atoms with van der Waals surface area (Å²) in [6.07, 6.45) is 0. The van der Waals surface area contributed by atoms with Gasteiger partial charge in [0.15, 0.2) is 0 Å². The Bertz CT molecular complexity index is 459. The Morgan fingerprint density at radius 1 is 0.923 bits per heavy atom. The maximum atomic E-state index is 10.3. The molecule has 0 fully saturated rings. The van der Waals surface area contributed by atoms with Crippen molar-refractivity contribution in [2.45, 2.75) is 8.42 Å². The third kappa shape index (κ3) is 2.48. The SMILES string of the molecule is O=S(=O)([O-])c1ccc(S(=O)(=O)[O-])s1. The minimum atomic E-state index is -4.68. The van der Waals surface area contributed by atoms with E-state index in [0.717, 1.165) is 12.1 Å². The van der Waals surface area contributed by atoms with E-state index in [1.165, 1.54) is 0 Å². The summed E-state index contributed by atoms with van der Waals surface area (Å²) in [5, 5.41) is 0. The maximum Gasteiger partial charge on any atom is 0.134 e. The van der Waals surface area contributed by atoms with Gasteiger partial charge < -0.3 is 9.11 Å². The molecule has 1 aromatic heterocycles. The molecular weight excluding hydrogens is 240 g/mol. The van der Waals surface area contributed by atoms with E-state index in [1.807, 2.05) is 0 Å². The van der Waals surface area contributed by atoms with Crippen molar-refractivity contribution in [2.75, 3.05) is 0 Å². The third-order valence-corrected chi connectivity index (χ3v) is 4.71. The lowest BCUT2D eigenvalue weighted by Crippen LogP contribution is -1.95. The van der Waals surface area contributed by atoms with Crippen molar-refractivity contribution >= 4 is 31.6 Å². The summed E-state index contributed by atoms with van der Waals surface area (Å²) in [6.45, 7) is 0. The molecule has 0 bridgehead atoms. The lowest BCUT2D eigenvalue weighted by Gasteiger charge is -2.03. The van der Waals surface area contributed by atoms with Gasteiger partial charge in [0.25, 0.3) is 0 Å². The molecule has 1 heterocycles. The maximum absolute atomic E-state index is 10.3. The second-order valence-electron chi connectivity index (χ2n) is 1.98. The Labute approximate surface area is 78.3 Å². The van der Waals surface area contributed by atoms with Crippen molar-refractivity contribution in [3.63, 3.8) is 0 Å². The number of hydrogen-bond acceptors (Lipinski definition) is 7. The number of hydrogen-bond donors (Lipinski definition) is 0. The van der Waals surface area contributed by atoms with Crippen LogP contribution in [0.25, 0.3) is 0 Å². The average molecular weight is 242 g/mol. The molecule has 0 spiro atoms. The lowest BCUT2D eigenvalue weighted by molar-refractivity contribution is 0.463. The largest absolute Gasteiger partial charge is 0.743 e. The van der Waals surface area contributed by atoms with Crippen molar-refractivity contribution in [1.29, 1.82) is 0 Å². The summed E-state index contributed by atoms with van der Waals surface area (Å²) in [7, 11) is -9.35. The summed E-state index contributed by atoms with van der Waals surface area (Å²) in [6, 6.07) is 1.58. The van der Waals surface area contributed by atoms with E-state index in [2.05, 4.69) is 0 Å². The molecule has 0 aliphatic rings. The summed E-state index contributed by atoms with van der Waals surface area (Å²) in [5.74, 6) is 0. The molecule has 0 aromatic carbocycles. The summed E-state index contributed by atoms with van der Waals surface area (Å²) >= 11 is 0.146. The summed E-state index contributed by atoms with van der Waals surface area (Å²) in [4.78, 5) is 0. The van der Waals surface area contributed by atoms with Gasteiger partial charge in [0.1, 0.15) is 28.7 Å². The molecule has 6 nitrogen and oxygen atoms in total. The van der Waals surface area contributed by atoms with Crippen molar-refractivity contribution < 1.29 is 25.9 Å². The number of thiophene rings is 1. The van der Waals surface area contributed by atoms with Gasteiger partial charge in [-0.2, -0.15) is 0 Å². The first-order chi connectivity index (χ1) is 5.71. The van der Waals surface area contributed by atoms with Crippen LogP contribution in [0.4, 0.5) is 0 Å². The van der Waals surface area contributed by atoms with E-state index < -0.39 is 28.7 Å². The van der Waals surface area contributed by atoms with Crippen LogP contribution in [0, 0.1) is 0 Å². The van der Waals surface area contributed by atoms with Gasteiger partial charge in [0.05, 0.1) is 0 Å². The van der Waals surface area contributed by atoms with Gasteiger partial charge in [-0.3, -0.25) is 0 Å². The molecule has 0 amide bonds. The Morgan fingerprint density at radius 2 is 1.23 bits per heavy atom. The van der Waals surface area contributed by atoms with Gasteiger partial charge >= 0.3 is 0 Å². The van der Waals surface area contributed by atoms with Crippen LogP contribution >= 0.6 is 11.3 Å². The quantitative estimate of drug-likeness (QED) is 0.649. The summed E-state index contributed by atoms with van der Waals surface area (Å²) < 4.78 is 60.6. The zero-order chi connectivity index (χ0) is 10.3. The standard InChI is InChI=1S/C4H4O6S3/c5-12(6,7)3-1-2-4(11-3)13(8,9)10/h1-2H,(H,5,6,7)(H,8,9,10)/p-2. The molecule has 74 valence electrons. The molecule has 0 unspecified atom stereocenters. The van der Waals surface area contributed by atoms with Crippen LogP contribution in [-0.4, -0.2) is 25.9 Å². The number of rotatable bonds is 2. The fourth-order valence-electron chi connectivity index (χ4n) is 0.572. The smallest absolute Gasteiger partial charge is 0.134 e. The zero-order valence-corrected chi connectivity index (χ0v) is 8.28. The lowest BCUT2D eigenvalue weighted by atomic mass is 10.7. The predicted molar refractivity (Wildman–Crippen MR) is 40.2 cm³/mol. The molecule has 0 saturated carbocycles. The Morgan fingerprint density at radius 3 is 1.38 bits per heavy atom. The molecule has 0 atom stereocenters. The van der Waals surface area contributed by atoms with Gasteiger partial charge in [-0.15, -0.1) is 11.3 Å². The zero-order valence-electron chi connectivity index (χ0n) is 5.83. The highest BCUT2D eigenvalue weighted by molar-refractivity contribution is 7.90. The van der Waals surface area contributed by atoms with E-state index >= 15 is 0 Å². The van der Waals surface area contributed by atoms with E-state index in [1.54, 1.807) is 0 Å². The third-order valence-electron chi connectivity index (χ3n) is 1.05. The molecule has 0 saturated heterocycles. The van der Waals surface area contributed by atoms with Crippen LogP contribution in [0.3, 0.4) is 0 Å². The van der Waals surface area contributed by atoms with E-state index in [9.17, 15) is 25.9 Å². The minimum absolute atomic E-state index is 0.146. The Hall–Kier alpha value is -0.480. The first kappa shape index (κ1) is 10.6. The predicted octanol–water partition coefficient (Wildman–Crippen LogP) is -0.444. The van der Waals surface area contributed by atoms with Gasteiger partial charge in [-0.05, 0) is 12.1 Å². The normalized spacial score (nSPS) is 13.1. The first-order valence-electron chi connectivity index (χ1n) is 2.73. The van der Waals surface area contributed by atoms with Crippen LogP contribution in [0.15, 0.2) is 20.6 Å². The molecule has 9 heteroatoms. The van der Waals surface area contributed by atoms with Gasteiger partial charge in [-0.1, -0.05) is 0 Å². The second-order valence-corrected chi connectivity index (χ2v) is 6.28. The van der Waals surface area contributed by atoms with E-state index in [4.69, 9.17) is 0 Å².